The fourth-order valence-electron chi connectivity index (χ4n) is 0.274. The van der Waals surface area contributed by atoms with Crippen LogP contribution in [-0.4, -0.2) is 35.9 Å². The van der Waals surface area contributed by atoms with E-state index in [-0.39, 0.29) is 25.6 Å². The molecule has 0 aromatic rings. The third kappa shape index (κ3) is 11.3. The zero-order valence-electron chi connectivity index (χ0n) is 4.83. The number of hydrogen-bond acceptors (Lipinski definition) is 3. The van der Waals surface area contributed by atoms with Crippen molar-refractivity contribution in [2.45, 2.75) is 0 Å². The molecule has 0 saturated carbocycles. The third-order valence-corrected chi connectivity index (χ3v) is 0.565. The molecule has 0 spiro atoms. The molecule has 0 rings (SSSR count). The van der Waals surface area contributed by atoms with Crippen molar-refractivity contribution in [2.75, 3.05) is 19.7 Å². The molecule has 3 N–H and O–H groups in total. The Hall–Kier alpha value is -0.320. The molecule has 4 nitrogen and oxygen atoms in total. The Bertz CT molecular complexity index is 78.2. The van der Waals surface area contributed by atoms with Crippen molar-refractivity contribution in [1.29, 1.82) is 0 Å². The van der Waals surface area contributed by atoms with Gasteiger partial charge in [0.1, 0.15) is 0 Å². The molecule has 0 atom stereocenters. The minimum Gasteiger partial charge on any atom is -0.480 e. The zero-order valence-corrected chi connectivity index (χ0v) is 5.65. The molecule has 0 unspecified atom stereocenters. The highest BCUT2D eigenvalue weighted by atomic mass is 35.5. The van der Waals surface area contributed by atoms with Gasteiger partial charge in [0.25, 0.3) is 0 Å². The maximum atomic E-state index is 9.73. The van der Waals surface area contributed by atoms with E-state index in [1.54, 1.807) is 0 Å². The predicted molar refractivity (Wildman–Crippen MR) is 34.8 cm³/mol. The smallest absolute Gasteiger partial charge is 0.317 e. The molecule has 0 aliphatic carbocycles. The first-order valence-electron chi connectivity index (χ1n) is 2.30. The van der Waals surface area contributed by atoms with Gasteiger partial charge >= 0.3 is 5.97 Å². The molecule has 0 bridgehead atoms. The van der Waals surface area contributed by atoms with Crippen LogP contribution in [0.15, 0.2) is 0 Å². The Morgan fingerprint density at radius 1 is 1.56 bits per heavy atom. The van der Waals surface area contributed by atoms with Crippen LogP contribution < -0.4 is 5.32 Å². The number of nitrogens with one attached hydrogen (secondary N) is 1. The normalized spacial score (nSPS) is 8.11. The average molecular weight is 156 g/mol. The molecular formula is C4H10ClNO3. The van der Waals surface area contributed by atoms with E-state index < -0.39 is 5.97 Å². The van der Waals surface area contributed by atoms with Crippen LogP contribution in [0.4, 0.5) is 0 Å². The summed E-state index contributed by atoms with van der Waals surface area (Å²) in [5, 5.41) is 18.6. The van der Waals surface area contributed by atoms with Crippen molar-refractivity contribution in [1.82, 2.24) is 5.32 Å². The second kappa shape index (κ2) is 7.68. The van der Waals surface area contributed by atoms with Crippen molar-refractivity contribution < 1.29 is 15.0 Å². The molecule has 0 radical (unpaired) electrons. The second-order valence-electron chi connectivity index (χ2n) is 1.29. The Balaban J connectivity index is 0. The minimum absolute atomic E-state index is 0. The van der Waals surface area contributed by atoms with Crippen molar-refractivity contribution in [2.24, 2.45) is 0 Å². The van der Waals surface area contributed by atoms with E-state index in [1.807, 2.05) is 0 Å². The van der Waals surface area contributed by atoms with Crippen LogP contribution in [0, 0.1) is 0 Å². The number of hydrogen-bond donors (Lipinski definition) is 3. The van der Waals surface area contributed by atoms with E-state index in [2.05, 4.69) is 5.32 Å². The van der Waals surface area contributed by atoms with Gasteiger partial charge in [-0.05, 0) is 0 Å². The van der Waals surface area contributed by atoms with Crippen LogP contribution in [0.25, 0.3) is 0 Å². The van der Waals surface area contributed by atoms with Gasteiger partial charge in [-0.2, -0.15) is 0 Å². The van der Waals surface area contributed by atoms with Crippen LogP contribution in [0.3, 0.4) is 0 Å². The van der Waals surface area contributed by atoms with Crippen LogP contribution >= 0.6 is 12.4 Å². The molecule has 56 valence electrons. The number of aliphatic hydroxyl groups excluding tert-OH is 1. The maximum Gasteiger partial charge on any atom is 0.317 e. The maximum absolute atomic E-state index is 9.73. The Labute approximate surface area is 59.3 Å². The second-order valence-corrected chi connectivity index (χ2v) is 1.29. The number of halogens is 1. The average Bonchev–Trinajstić information content (AvgIpc) is 1.66. The number of aliphatic hydroxyl groups is 1. The number of carboxylic acids is 1. The summed E-state index contributed by atoms with van der Waals surface area (Å²) in [4.78, 5) is 9.73. The van der Waals surface area contributed by atoms with Gasteiger partial charge in [0.2, 0.25) is 0 Å². The summed E-state index contributed by atoms with van der Waals surface area (Å²) >= 11 is 0. The Kier molecular flexibility index (Phi) is 9.79. The van der Waals surface area contributed by atoms with Crippen LogP contribution in [0.2, 0.25) is 0 Å². The van der Waals surface area contributed by atoms with Gasteiger partial charge in [-0.1, -0.05) is 0 Å². The van der Waals surface area contributed by atoms with Gasteiger partial charge in [0, 0.05) is 6.54 Å². The van der Waals surface area contributed by atoms with Crippen molar-refractivity contribution in [3.63, 3.8) is 0 Å². The number of carbonyl (C=O) groups is 1. The molecule has 9 heavy (non-hydrogen) atoms. The van der Waals surface area contributed by atoms with E-state index in [4.69, 9.17) is 10.2 Å². The van der Waals surface area contributed by atoms with E-state index in [0.717, 1.165) is 0 Å². The SMILES string of the molecule is Cl.O=C(O)CNCCO. The van der Waals surface area contributed by atoms with E-state index >= 15 is 0 Å². The van der Waals surface area contributed by atoms with Crippen molar-refractivity contribution >= 4 is 18.4 Å². The van der Waals surface area contributed by atoms with Gasteiger partial charge in [-0.15, -0.1) is 12.4 Å². The molecule has 0 aromatic carbocycles. The molecule has 0 fully saturated rings. The van der Waals surface area contributed by atoms with Crippen LogP contribution in [0.1, 0.15) is 0 Å². The van der Waals surface area contributed by atoms with Crippen LogP contribution in [0.5, 0.6) is 0 Å². The summed E-state index contributed by atoms with van der Waals surface area (Å²) < 4.78 is 0. The van der Waals surface area contributed by atoms with Gasteiger partial charge < -0.3 is 15.5 Å². The molecule has 5 heteroatoms. The summed E-state index contributed by atoms with van der Waals surface area (Å²) in [6, 6.07) is 0. The molecule has 0 saturated heterocycles. The predicted octanol–water partition coefficient (Wildman–Crippen LogP) is -0.925. The summed E-state index contributed by atoms with van der Waals surface area (Å²) in [5.74, 6) is -0.904. The molecule has 0 aliphatic heterocycles. The van der Waals surface area contributed by atoms with Crippen molar-refractivity contribution in [3.8, 4) is 0 Å². The molecular weight excluding hydrogens is 146 g/mol. The number of rotatable bonds is 4. The zero-order chi connectivity index (χ0) is 6.41. The first kappa shape index (κ1) is 11.5. The topological polar surface area (TPSA) is 69.6 Å². The third-order valence-electron chi connectivity index (χ3n) is 0.565. The van der Waals surface area contributed by atoms with Gasteiger partial charge in [0.05, 0.1) is 13.2 Å². The summed E-state index contributed by atoms with van der Waals surface area (Å²) in [6.45, 7) is 0.236. The summed E-state index contributed by atoms with van der Waals surface area (Å²) in [5.41, 5.74) is 0. The van der Waals surface area contributed by atoms with Gasteiger partial charge in [-0.25, -0.2) is 0 Å². The monoisotopic (exact) mass is 155 g/mol. The van der Waals surface area contributed by atoms with Crippen LogP contribution in [-0.2, 0) is 4.79 Å². The first-order chi connectivity index (χ1) is 3.77. The lowest BCUT2D eigenvalue weighted by molar-refractivity contribution is -0.135. The highest BCUT2D eigenvalue weighted by molar-refractivity contribution is 5.85. The first-order valence-corrected chi connectivity index (χ1v) is 2.30. The molecule has 0 aliphatic rings. The number of aliphatic carboxylic acids is 1. The molecule has 0 heterocycles. The van der Waals surface area contributed by atoms with Crippen molar-refractivity contribution in [3.05, 3.63) is 0 Å². The lowest BCUT2D eigenvalue weighted by atomic mass is 10.6. The lowest BCUT2D eigenvalue weighted by Gasteiger charge is -1.93. The van der Waals surface area contributed by atoms with Gasteiger partial charge in [-0.3, -0.25) is 4.79 Å². The summed E-state index contributed by atoms with van der Waals surface area (Å²) in [7, 11) is 0. The van der Waals surface area contributed by atoms with E-state index in [1.165, 1.54) is 0 Å². The van der Waals surface area contributed by atoms with Gasteiger partial charge in [0.15, 0.2) is 0 Å². The van der Waals surface area contributed by atoms with E-state index in [0.29, 0.717) is 6.54 Å². The Morgan fingerprint density at radius 3 is 2.44 bits per heavy atom. The fourth-order valence-corrected chi connectivity index (χ4v) is 0.274. The lowest BCUT2D eigenvalue weighted by Crippen LogP contribution is -2.25. The highest BCUT2D eigenvalue weighted by Crippen LogP contribution is 1.58. The quantitative estimate of drug-likeness (QED) is 0.459. The highest BCUT2D eigenvalue weighted by Gasteiger charge is 1.91. The summed E-state index contributed by atoms with van der Waals surface area (Å²) in [6.07, 6.45) is 0. The Morgan fingerprint density at radius 2 is 2.11 bits per heavy atom. The molecule has 0 aromatic heterocycles. The fraction of sp³-hybridized carbons (Fsp3) is 0.750. The standard InChI is InChI=1S/C4H9NO3.ClH/c6-2-1-5-3-4(7)8;/h5-6H,1-3H2,(H,7,8);1H. The minimum atomic E-state index is -0.904. The largest absolute Gasteiger partial charge is 0.480 e. The molecule has 0 amide bonds. The van der Waals surface area contributed by atoms with E-state index in [9.17, 15) is 4.79 Å². The number of carboxylic acid groups (broad SMARTS) is 1.